The maximum Gasteiger partial charge on any atom is 0.263 e. The van der Waals surface area contributed by atoms with Crippen molar-refractivity contribution in [2.75, 3.05) is 18.9 Å². The van der Waals surface area contributed by atoms with Crippen molar-refractivity contribution in [2.24, 2.45) is 0 Å². The summed E-state index contributed by atoms with van der Waals surface area (Å²) in [5.74, 6) is 0.746. The summed E-state index contributed by atoms with van der Waals surface area (Å²) in [5, 5.41) is 2.87. The minimum absolute atomic E-state index is 0.00940. The molecule has 0 heterocycles. The maximum atomic E-state index is 13.0. The van der Waals surface area contributed by atoms with E-state index >= 15 is 0 Å². The predicted molar refractivity (Wildman–Crippen MR) is 129 cm³/mol. The van der Waals surface area contributed by atoms with E-state index in [1.54, 1.807) is 57.4 Å². The number of methoxy groups -OCH3 is 2. The van der Waals surface area contributed by atoms with E-state index in [9.17, 15) is 13.2 Å². The number of rotatable bonds is 8. The van der Waals surface area contributed by atoms with E-state index in [1.807, 2.05) is 6.07 Å². The van der Waals surface area contributed by atoms with Crippen molar-refractivity contribution in [3.8, 4) is 11.5 Å². The van der Waals surface area contributed by atoms with Gasteiger partial charge in [0.05, 0.1) is 31.0 Å². The molecule has 7 nitrogen and oxygen atoms in total. The van der Waals surface area contributed by atoms with E-state index in [-0.39, 0.29) is 15.5 Å². The van der Waals surface area contributed by atoms with Crippen LogP contribution in [0.5, 0.6) is 11.5 Å². The first-order chi connectivity index (χ1) is 15.7. The third-order valence-electron chi connectivity index (χ3n) is 5.12. The van der Waals surface area contributed by atoms with Crippen molar-refractivity contribution < 1.29 is 22.7 Å². The molecule has 9 heteroatoms. The lowest BCUT2D eigenvalue weighted by atomic mass is 10.1. The Labute approximate surface area is 198 Å². The first kappa shape index (κ1) is 24.4. The Bertz CT molecular complexity index is 1280. The number of amides is 1. The Balaban J connectivity index is 1.87. The average molecular weight is 489 g/mol. The smallest absolute Gasteiger partial charge is 0.263 e. The monoisotopic (exact) mass is 488 g/mol. The van der Waals surface area contributed by atoms with Crippen molar-refractivity contribution in [1.82, 2.24) is 5.32 Å². The summed E-state index contributed by atoms with van der Waals surface area (Å²) in [6, 6.07) is 15.9. The van der Waals surface area contributed by atoms with Crippen molar-refractivity contribution >= 4 is 33.2 Å². The molecule has 3 aromatic rings. The van der Waals surface area contributed by atoms with Gasteiger partial charge in [-0.25, -0.2) is 8.42 Å². The van der Waals surface area contributed by atoms with Crippen LogP contribution in [0.15, 0.2) is 65.6 Å². The summed E-state index contributed by atoms with van der Waals surface area (Å²) in [6.07, 6.45) is 0. The molecule has 0 spiro atoms. The Morgan fingerprint density at radius 1 is 1.00 bits per heavy atom. The number of halogens is 1. The first-order valence-corrected chi connectivity index (χ1v) is 11.9. The fourth-order valence-corrected chi connectivity index (χ4v) is 4.93. The van der Waals surface area contributed by atoms with Gasteiger partial charge in [-0.1, -0.05) is 29.8 Å². The zero-order valence-corrected chi connectivity index (χ0v) is 20.3. The van der Waals surface area contributed by atoms with Crippen molar-refractivity contribution in [2.45, 2.75) is 24.8 Å². The molecule has 0 radical (unpaired) electrons. The summed E-state index contributed by atoms with van der Waals surface area (Å²) in [6.45, 7) is 3.58. The molecule has 0 fully saturated rings. The molecule has 3 aromatic carbocycles. The first-order valence-electron chi connectivity index (χ1n) is 10.1. The lowest BCUT2D eigenvalue weighted by Crippen LogP contribution is -2.27. The summed E-state index contributed by atoms with van der Waals surface area (Å²) < 4.78 is 39.2. The van der Waals surface area contributed by atoms with Crippen LogP contribution in [0.2, 0.25) is 5.02 Å². The second-order valence-electron chi connectivity index (χ2n) is 7.37. The molecule has 0 aromatic heterocycles. The van der Waals surface area contributed by atoms with Gasteiger partial charge in [0.25, 0.3) is 15.9 Å². The van der Waals surface area contributed by atoms with Crippen LogP contribution in [0.1, 0.15) is 34.5 Å². The highest BCUT2D eigenvalue weighted by atomic mass is 35.5. The number of hydrogen-bond donors (Lipinski definition) is 2. The molecule has 174 valence electrons. The van der Waals surface area contributed by atoms with E-state index in [0.29, 0.717) is 22.7 Å². The Hall–Kier alpha value is -3.23. The van der Waals surface area contributed by atoms with Crippen LogP contribution in [-0.2, 0) is 10.0 Å². The summed E-state index contributed by atoms with van der Waals surface area (Å²) in [5.41, 5.74) is 2.06. The molecule has 0 aliphatic heterocycles. The number of sulfonamides is 1. The second-order valence-corrected chi connectivity index (χ2v) is 9.43. The lowest BCUT2D eigenvalue weighted by Gasteiger charge is -2.19. The van der Waals surface area contributed by atoms with Gasteiger partial charge in [0.2, 0.25) is 0 Å². The summed E-state index contributed by atoms with van der Waals surface area (Å²) in [7, 11) is -0.931. The van der Waals surface area contributed by atoms with Gasteiger partial charge in [-0.15, -0.1) is 0 Å². The molecule has 1 amide bonds. The molecule has 0 unspecified atom stereocenters. The largest absolute Gasteiger partial charge is 0.497 e. The number of carbonyl (C=O) groups excluding carboxylic acids is 1. The van der Waals surface area contributed by atoms with Gasteiger partial charge in [-0.3, -0.25) is 9.52 Å². The highest BCUT2D eigenvalue weighted by Crippen LogP contribution is 2.30. The van der Waals surface area contributed by atoms with Crippen LogP contribution in [0.3, 0.4) is 0 Å². The van der Waals surface area contributed by atoms with Crippen LogP contribution in [0.25, 0.3) is 0 Å². The number of hydrogen-bond acceptors (Lipinski definition) is 5. The number of anilines is 1. The standard InChI is InChI=1S/C24H25ClN2O5S/c1-15-7-5-6-8-21(15)27-33(29,30)23-13-17(9-11-20(23)25)24(28)26-16(2)19-14-18(31-3)10-12-22(19)32-4/h5-14,16,27H,1-4H3,(H,26,28)/t16-/m1/s1. The Morgan fingerprint density at radius 3 is 2.39 bits per heavy atom. The lowest BCUT2D eigenvalue weighted by molar-refractivity contribution is 0.0939. The molecule has 0 aliphatic carbocycles. The fourth-order valence-electron chi connectivity index (χ4n) is 3.27. The van der Waals surface area contributed by atoms with Gasteiger partial charge in [0.15, 0.2) is 0 Å². The zero-order chi connectivity index (χ0) is 24.2. The van der Waals surface area contributed by atoms with E-state index in [2.05, 4.69) is 10.0 Å². The minimum Gasteiger partial charge on any atom is -0.497 e. The van der Waals surface area contributed by atoms with E-state index in [4.69, 9.17) is 21.1 Å². The van der Waals surface area contributed by atoms with Gasteiger partial charge >= 0.3 is 0 Å². The topological polar surface area (TPSA) is 93.7 Å². The quantitative estimate of drug-likeness (QED) is 0.467. The van der Waals surface area contributed by atoms with Crippen molar-refractivity contribution in [3.63, 3.8) is 0 Å². The van der Waals surface area contributed by atoms with Crippen LogP contribution < -0.4 is 19.5 Å². The Morgan fingerprint density at radius 2 is 1.73 bits per heavy atom. The highest BCUT2D eigenvalue weighted by Gasteiger charge is 2.22. The van der Waals surface area contributed by atoms with Crippen molar-refractivity contribution in [3.05, 3.63) is 82.4 Å². The van der Waals surface area contributed by atoms with Gasteiger partial charge < -0.3 is 14.8 Å². The number of nitrogens with one attached hydrogen (secondary N) is 2. The molecular weight excluding hydrogens is 464 g/mol. The number of benzene rings is 3. The Kier molecular flexibility index (Phi) is 7.50. The third kappa shape index (κ3) is 5.58. The van der Waals surface area contributed by atoms with Crippen LogP contribution >= 0.6 is 11.6 Å². The molecule has 2 N–H and O–H groups in total. The molecule has 0 bridgehead atoms. The van der Waals surface area contributed by atoms with Gasteiger partial charge in [-0.2, -0.15) is 0 Å². The highest BCUT2D eigenvalue weighted by molar-refractivity contribution is 7.92. The zero-order valence-electron chi connectivity index (χ0n) is 18.7. The van der Waals surface area contributed by atoms with E-state index < -0.39 is 22.0 Å². The summed E-state index contributed by atoms with van der Waals surface area (Å²) in [4.78, 5) is 12.8. The fraction of sp³-hybridized carbons (Fsp3) is 0.208. The van der Waals surface area contributed by atoms with E-state index in [0.717, 1.165) is 5.56 Å². The number of aryl methyl sites for hydroxylation is 1. The average Bonchev–Trinajstić information content (AvgIpc) is 2.80. The van der Waals surface area contributed by atoms with Crippen LogP contribution in [0.4, 0.5) is 5.69 Å². The van der Waals surface area contributed by atoms with Crippen LogP contribution in [-0.4, -0.2) is 28.5 Å². The third-order valence-corrected chi connectivity index (χ3v) is 6.97. The molecule has 0 saturated heterocycles. The molecule has 33 heavy (non-hydrogen) atoms. The van der Waals surface area contributed by atoms with E-state index in [1.165, 1.54) is 25.3 Å². The molecule has 0 aliphatic rings. The van der Waals surface area contributed by atoms with Crippen molar-refractivity contribution in [1.29, 1.82) is 0 Å². The van der Waals surface area contributed by atoms with Gasteiger partial charge in [0, 0.05) is 11.1 Å². The summed E-state index contributed by atoms with van der Waals surface area (Å²) >= 11 is 6.18. The van der Waals surface area contributed by atoms with Gasteiger partial charge in [-0.05, 0) is 61.9 Å². The normalized spacial score (nSPS) is 12.0. The predicted octanol–water partition coefficient (Wildman–Crippen LogP) is 4.96. The van der Waals surface area contributed by atoms with Gasteiger partial charge in [0.1, 0.15) is 16.4 Å². The number of ether oxygens (including phenoxy) is 2. The number of para-hydroxylation sites is 1. The molecule has 0 saturated carbocycles. The molecule has 3 rings (SSSR count). The molecule has 1 atom stereocenters. The second kappa shape index (κ2) is 10.1. The maximum absolute atomic E-state index is 13.0. The minimum atomic E-state index is -4.02. The SMILES string of the molecule is COc1ccc(OC)c([C@@H](C)NC(=O)c2ccc(Cl)c(S(=O)(=O)Nc3ccccc3C)c2)c1. The number of carbonyl (C=O) groups is 1. The molecular formula is C24H25ClN2O5S. The van der Waals surface area contributed by atoms with Crippen LogP contribution in [0, 0.1) is 6.92 Å².